The zero-order chi connectivity index (χ0) is 47.1. The molecule has 0 unspecified atom stereocenters. The summed E-state index contributed by atoms with van der Waals surface area (Å²) < 4.78 is 19.2. The Kier molecular flexibility index (Phi) is 8.93. The standard InChI is InChI=1S/C65H51BN2O2/c1-37(2)41-32-50(38(3)4)62(51(33-41)39(5)6)66-53-35-58-52(46-24-15-17-27-57(46)69-58)34-59(53)70-60-36-56(44-22-12-13-25-47(44)63(60)66)68-55-31-30-48-45-23-14-16-26-54(45)67(42-19-8-7-9-20-42)65(48)61(55)49-29-28-40-18-10-11-21-43(40)64(49)68/h7-39H,1-6H3. The lowest BCUT2D eigenvalue weighted by Gasteiger charge is -2.33. The predicted octanol–water partition coefficient (Wildman–Crippen LogP) is 16.1. The van der Waals surface area contributed by atoms with Crippen molar-refractivity contribution in [3.05, 3.63) is 199 Å². The topological polar surface area (TPSA) is 32.2 Å². The van der Waals surface area contributed by atoms with Gasteiger partial charge in [0.2, 0.25) is 0 Å². The van der Waals surface area contributed by atoms with Gasteiger partial charge in [-0.15, -0.1) is 0 Å². The minimum Gasteiger partial charge on any atom is -0.458 e. The van der Waals surface area contributed by atoms with Crippen LogP contribution in [0.3, 0.4) is 0 Å². The molecule has 0 saturated heterocycles. The van der Waals surface area contributed by atoms with Crippen LogP contribution in [0.5, 0.6) is 11.5 Å². The van der Waals surface area contributed by atoms with Gasteiger partial charge in [-0.2, -0.15) is 0 Å². The van der Waals surface area contributed by atoms with E-state index in [-0.39, 0.29) is 18.5 Å². The Morgan fingerprint density at radius 2 is 1.07 bits per heavy atom. The van der Waals surface area contributed by atoms with Crippen LogP contribution in [0.2, 0.25) is 0 Å². The van der Waals surface area contributed by atoms with Gasteiger partial charge < -0.3 is 18.3 Å². The number of rotatable bonds is 6. The van der Waals surface area contributed by atoms with Crippen molar-refractivity contribution < 1.29 is 9.15 Å². The number of para-hydroxylation sites is 3. The smallest absolute Gasteiger partial charge is 0.252 e. The zero-order valence-electron chi connectivity index (χ0n) is 40.3. The van der Waals surface area contributed by atoms with Gasteiger partial charge in [0.15, 0.2) is 0 Å². The Morgan fingerprint density at radius 3 is 1.83 bits per heavy atom. The molecule has 0 saturated carbocycles. The molecule has 0 fully saturated rings. The quantitative estimate of drug-likeness (QED) is 0.156. The summed E-state index contributed by atoms with van der Waals surface area (Å²) in [5.74, 6) is 2.72. The maximum Gasteiger partial charge on any atom is 0.252 e. The average Bonchev–Trinajstić information content (AvgIpc) is 4.04. The van der Waals surface area contributed by atoms with Gasteiger partial charge in [-0.1, -0.05) is 180 Å². The third-order valence-electron chi connectivity index (χ3n) is 15.5. The van der Waals surface area contributed by atoms with Crippen LogP contribution in [0.1, 0.15) is 76.0 Å². The number of nitrogens with zero attached hydrogens (tertiary/aromatic N) is 2. The molecule has 14 rings (SSSR count). The van der Waals surface area contributed by atoms with Crippen molar-refractivity contribution >= 4 is 110 Å². The third-order valence-corrected chi connectivity index (χ3v) is 15.5. The van der Waals surface area contributed by atoms with Gasteiger partial charge in [-0.3, -0.25) is 0 Å². The highest BCUT2D eigenvalue weighted by Crippen LogP contribution is 2.46. The SMILES string of the molecule is CC(C)c1cc(C(C)C)c(B2c3cc4oc5ccccc5c4cc3Oc3cc(-n4c5ccc6c7ccccc7n(-c7ccccc7)c6c5c5ccc6ccccc6c54)c4ccccc4c32)c(C(C)C)c1. The van der Waals surface area contributed by atoms with Gasteiger partial charge in [-0.05, 0) is 98.6 Å². The summed E-state index contributed by atoms with van der Waals surface area (Å²) in [5.41, 5.74) is 16.6. The molecule has 10 aromatic carbocycles. The van der Waals surface area contributed by atoms with Crippen molar-refractivity contribution in [3.63, 3.8) is 0 Å². The largest absolute Gasteiger partial charge is 0.458 e. The molecule has 0 spiro atoms. The van der Waals surface area contributed by atoms with Crippen molar-refractivity contribution in [3.8, 4) is 22.9 Å². The molecule has 13 aromatic rings. The van der Waals surface area contributed by atoms with Crippen LogP contribution < -0.4 is 21.1 Å². The first-order valence-electron chi connectivity index (χ1n) is 25.0. The fraction of sp³-hybridized carbons (Fsp3) is 0.138. The highest BCUT2D eigenvalue weighted by Gasteiger charge is 2.40. The highest BCUT2D eigenvalue weighted by molar-refractivity contribution is 6.99. The zero-order valence-corrected chi connectivity index (χ0v) is 40.3. The Hall–Kier alpha value is -8.02. The van der Waals surface area contributed by atoms with E-state index in [1.807, 2.05) is 0 Å². The summed E-state index contributed by atoms with van der Waals surface area (Å²) in [6.07, 6.45) is 0. The van der Waals surface area contributed by atoms with E-state index in [2.05, 4.69) is 233 Å². The number of furan rings is 1. The van der Waals surface area contributed by atoms with E-state index in [0.717, 1.165) is 55.8 Å². The molecule has 1 aliphatic rings. The summed E-state index contributed by atoms with van der Waals surface area (Å²) in [6, 6.07) is 67.3. The van der Waals surface area contributed by atoms with Crippen molar-refractivity contribution in [1.29, 1.82) is 0 Å². The van der Waals surface area contributed by atoms with E-state index in [4.69, 9.17) is 9.15 Å². The summed E-state index contributed by atoms with van der Waals surface area (Å²) in [7, 11) is 0. The number of aromatic nitrogens is 2. The maximum absolute atomic E-state index is 7.50. The summed E-state index contributed by atoms with van der Waals surface area (Å²) >= 11 is 0. The van der Waals surface area contributed by atoms with Crippen LogP contribution in [0.15, 0.2) is 186 Å². The molecule has 4 heterocycles. The van der Waals surface area contributed by atoms with E-state index in [1.165, 1.54) is 87.3 Å². The highest BCUT2D eigenvalue weighted by atomic mass is 16.5. The van der Waals surface area contributed by atoms with Gasteiger partial charge in [0.1, 0.15) is 22.7 Å². The molecule has 1 aliphatic heterocycles. The summed E-state index contributed by atoms with van der Waals surface area (Å²) in [5, 5.41) is 11.8. The Labute approximate surface area is 407 Å². The van der Waals surface area contributed by atoms with Crippen LogP contribution in [0.25, 0.3) is 98.5 Å². The van der Waals surface area contributed by atoms with Crippen molar-refractivity contribution in [2.45, 2.75) is 59.3 Å². The van der Waals surface area contributed by atoms with Crippen molar-refractivity contribution in [2.24, 2.45) is 0 Å². The molecule has 0 radical (unpaired) electrons. The first-order chi connectivity index (χ1) is 34.2. The minimum atomic E-state index is -0.133. The Balaban J connectivity index is 1.14. The van der Waals surface area contributed by atoms with Gasteiger partial charge in [0, 0.05) is 54.8 Å². The molecule has 4 nitrogen and oxygen atoms in total. The molecule has 0 N–H and O–H groups in total. The fourth-order valence-electron chi connectivity index (χ4n) is 12.3. The van der Waals surface area contributed by atoms with Crippen LogP contribution in [-0.4, -0.2) is 15.8 Å². The number of fused-ring (bicyclic) bond motifs is 16. The molecule has 0 amide bonds. The molecule has 0 atom stereocenters. The molecule has 5 heteroatoms. The van der Waals surface area contributed by atoms with Crippen molar-refractivity contribution in [2.75, 3.05) is 0 Å². The third kappa shape index (κ3) is 5.78. The van der Waals surface area contributed by atoms with E-state index in [0.29, 0.717) is 5.92 Å². The lowest BCUT2D eigenvalue weighted by molar-refractivity contribution is 0.488. The normalized spacial score (nSPS) is 12.9. The Bertz CT molecular complexity index is 4290. The number of ether oxygens (including phenoxy) is 1. The van der Waals surface area contributed by atoms with Crippen LogP contribution in [0, 0.1) is 0 Å². The second-order valence-corrected chi connectivity index (χ2v) is 20.5. The number of hydrogen-bond donors (Lipinski definition) is 0. The second-order valence-electron chi connectivity index (χ2n) is 20.5. The predicted molar refractivity (Wildman–Crippen MR) is 297 cm³/mol. The van der Waals surface area contributed by atoms with E-state index in [9.17, 15) is 0 Å². The minimum absolute atomic E-state index is 0.133. The van der Waals surface area contributed by atoms with Crippen molar-refractivity contribution in [1.82, 2.24) is 9.13 Å². The number of hydrogen-bond acceptors (Lipinski definition) is 2. The van der Waals surface area contributed by atoms with Crippen LogP contribution >= 0.6 is 0 Å². The molecule has 0 bridgehead atoms. The molecular weight excluding hydrogens is 852 g/mol. The number of benzene rings is 10. The molecule has 3 aromatic heterocycles. The lowest BCUT2D eigenvalue weighted by Crippen LogP contribution is -2.57. The van der Waals surface area contributed by atoms with E-state index in [1.54, 1.807) is 0 Å². The van der Waals surface area contributed by atoms with Crippen LogP contribution in [0.4, 0.5) is 0 Å². The molecule has 336 valence electrons. The average molecular weight is 903 g/mol. The lowest BCUT2D eigenvalue weighted by atomic mass is 9.33. The summed E-state index contributed by atoms with van der Waals surface area (Å²) in [4.78, 5) is 0. The van der Waals surface area contributed by atoms with Gasteiger partial charge in [0.25, 0.3) is 6.71 Å². The monoisotopic (exact) mass is 902 g/mol. The molecule has 0 aliphatic carbocycles. The second kappa shape index (κ2) is 15.2. The van der Waals surface area contributed by atoms with Gasteiger partial charge >= 0.3 is 0 Å². The van der Waals surface area contributed by atoms with E-state index >= 15 is 0 Å². The van der Waals surface area contributed by atoms with Gasteiger partial charge in [0.05, 0.1) is 27.8 Å². The molecule has 70 heavy (non-hydrogen) atoms. The Morgan fingerprint density at radius 1 is 0.414 bits per heavy atom. The van der Waals surface area contributed by atoms with E-state index < -0.39 is 0 Å². The first-order valence-corrected chi connectivity index (χ1v) is 25.0. The fourth-order valence-corrected chi connectivity index (χ4v) is 12.3. The van der Waals surface area contributed by atoms with Gasteiger partial charge in [-0.25, -0.2) is 0 Å². The first kappa shape index (κ1) is 41.0. The molecular formula is C65H51BN2O2. The maximum atomic E-state index is 7.50. The summed E-state index contributed by atoms with van der Waals surface area (Å²) in [6.45, 7) is 13.9. The van der Waals surface area contributed by atoms with Crippen LogP contribution in [-0.2, 0) is 0 Å².